The molecule has 0 saturated heterocycles. The van der Waals surface area contributed by atoms with Gasteiger partial charge in [0.1, 0.15) is 0 Å². The SMILES string of the molecule is CC(C)CCOCC(C)(C)COCCO. The first-order valence-electron chi connectivity index (χ1n) is 5.74. The lowest BCUT2D eigenvalue weighted by Gasteiger charge is -2.24. The maximum Gasteiger partial charge on any atom is 0.0697 e. The van der Waals surface area contributed by atoms with E-state index in [0.29, 0.717) is 25.7 Å². The van der Waals surface area contributed by atoms with Gasteiger partial charge in [0.25, 0.3) is 0 Å². The summed E-state index contributed by atoms with van der Waals surface area (Å²) in [5.41, 5.74) is 0.0339. The summed E-state index contributed by atoms with van der Waals surface area (Å²) in [6.07, 6.45) is 1.10. The Kier molecular flexibility index (Phi) is 8.02. The van der Waals surface area contributed by atoms with E-state index in [1.54, 1.807) is 0 Å². The van der Waals surface area contributed by atoms with Crippen molar-refractivity contribution in [3.05, 3.63) is 0 Å². The number of aliphatic hydroxyl groups is 1. The second-order valence-electron chi connectivity index (χ2n) is 5.18. The fourth-order valence-electron chi connectivity index (χ4n) is 1.12. The molecule has 1 N–H and O–H groups in total. The molecule has 0 aromatic heterocycles. The van der Waals surface area contributed by atoms with E-state index in [9.17, 15) is 0 Å². The van der Waals surface area contributed by atoms with Crippen LogP contribution in [-0.2, 0) is 9.47 Å². The van der Waals surface area contributed by atoms with E-state index >= 15 is 0 Å². The Labute approximate surface area is 93.8 Å². The molecule has 0 bridgehead atoms. The van der Waals surface area contributed by atoms with Gasteiger partial charge in [-0.25, -0.2) is 0 Å². The third kappa shape index (κ3) is 10.2. The maximum absolute atomic E-state index is 8.58. The Hall–Kier alpha value is -0.120. The first-order chi connectivity index (χ1) is 6.98. The highest BCUT2D eigenvalue weighted by Gasteiger charge is 2.18. The highest BCUT2D eigenvalue weighted by molar-refractivity contribution is 4.66. The summed E-state index contributed by atoms with van der Waals surface area (Å²) in [7, 11) is 0. The van der Waals surface area contributed by atoms with Gasteiger partial charge in [-0.2, -0.15) is 0 Å². The zero-order valence-corrected chi connectivity index (χ0v) is 10.6. The van der Waals surface area contributed by atoms with Gasteiger partial charge >= 0.3 is 0 Å². The Morgan fingerprint density at radius 2 is 1.60 bits per heavy atom. The Balaban J connectivity index is 3.46. The molecule has 0 aromatic rings. The van der Waals surface area contributed by atoms with Crippen molar-refractivity contribution in [1.29, 1.82) is 0 Å². The van der Waals surface area contributed by atoms with Gasteiger partial charge in [-0.05, 0) is 12.3 Å². The minimum Gasteiger partial charge on any atom is -0.394 e. The summed E-state index contributed by atoms with van der Waals surface area (Å²) >= 11 is 0. The predicted molar refractivity (Wildman–Crippen MR) is 62.0 cm³/mol. The summed E-state index contributed by atoms with van der Waals surface area (Å²) in [4.78, 5) is 0. The quantitative estimate of drug-likeness (QED) is 0.602. The molecule has 0 fully saturated rings. The molecule has 0 unspecified atom stereocenters. The summed E-state index contributed by atoms with van der Waals surface area (Å²) in [5.74, 6) is 0.693. The van der Waals surface area contributed by atoms with Crippen LogP contribution in [-0.4, -0.2) is 38.1 Å². The molecule has 0 saturated carbocycles. The van der Waals surface area contributed by atoms with Gasteiger partial charge in [-0.3, -0.25) is 0 Å². The fraction of sp³-hybridized carbons (Fsp3) is 1.00. The van der Waals surface area contributed by atoms with Gasteiger partial charge in [0.15, 0.2) is 0 Å². The monoisotopic (exact) mass is 218 g/mol. The molecule has 0 rings (SSSR count). The zero-order chi connectivity index (χ0) is 11.7. The van der Waals surface area contributed by atoms with Crippen molar-refractivity contribution >= 4 is 0 Å². The van der Waals surface area contributed by atoms with Crippen molar-refractivity contribution < 1.29 is 14.6 Å². The van der Waals surface area contributed by atoms with Crippen LogP contribution in [0.2, 0.25) is 0 Å². The number of ether oxygens (including phenoxy) is 2. The van der Waals surface area contributed by atoms with E-state index in [1.165, 1.54) is 0 Å². The van der Waals surface area contributed by atoms with E-state index < -0.39 is 0 Å². The van der Waals surface area contributed by atoms with Crippen LogP contribution in [0.3, 0.4) is 0 Å². The van der Waals surface area contributed by atoms with E-state index in [1.807, 2.05) is 0 Å². The molecule has 92 valence electrons. The lowest BCUT2D eigenvalue weighted by atomic mass is 9.96. The Bertz CT molecular complexity index is 144. The summed E-state index contributed by atoms with van der Waals surface area (Å²) < 4.78 is 10.9. The topological polar surface area (TPSA) is 38.7 Å². The molecular formula is C12H26O3. The van der Waals surface area contributed by atoms with Crippen molar-refractivity contribution in [3.8, 4) is 0 Å². The molecule has 0 spiro atoms. The van der Waals surface area contributed by atoms with Crippen molar-refractivity contribution in [2.45, 2.75) is 34.1 Å². The van der Waals surface area contributed by atoms with Gasteiger partial charge < -0.3 is 14.6 Å². The lowest BCUT2D eigenvalue weighted by Crippen LogP contribution is -2.26. The number of hydrogen-bond acceptors (Lipinski definition) is 3. The zero-order valence-electron chi connectivity index (χ0n) is 10.6. The highest BCUT2D eigenvalue weighted by atomic mass is 16.5. The van der Waals surface area contributed by atoms with Crippen molar-refractivity contribution in [3.63, 3.8) is 0 Å². The molecule has 0 heterocycles. The third-order valence-corrected chi connectivity index (χ3v) is 2.06. The molecule has 3 heteroatoms. The van der Waals surface area contributed by atoms with Crippen LogP contribution in [0.25, 0.3) is 0 Å². The van der Waals surface area contributed by atoms with Gasteiger partial charge in [-0.1, -0.05) is 27.7 Å². The van der Waals surface area contributed by atoms with Crippen LogP contribution in [0.15, 0.2) is 0 Å². The first kappa shape index (κ1) is 14.9. The minimum atomic E-state index is 0.0339. The summed E-state index contributed by atoms with van der Waals surface area (Å²) in [6, 6.07) is 0. The van der Waals surface area contributed by atoms with E-state index in [4.69, 9.17) is 14.6 Å². The minimum absolute atomic E-state index is 0.0339. The fourth-order valence-corrected chi connectivity index (χ4v) is 1.12. The molecule has 0 atom stereocenters. The van der Waals surface area contributed by atoms with Crippen LogP contribution in [0.5, 0.6) is 0 Å². The number of hydrogen-bond donors (Lipinski definition) is 1. The average molecular weight is 218 g/mol. The number of rotatable bonds is 9. The molecule has 0 aliphatic heterocycles. The lowest BCUT2D eigenvalue weighted by molar-refractivity contribution is -0.0137. The molecule has 0 aromatic carbocycles. The van der Waals surface area contributed by atoms with Gasteiger partial charge in [0.05, 0.1) is 26.4 Å². The van der Waals surface area contributed by atoms with Crippen LogP contribution in [0, 0.1) is 11.3 Å². The maximum atomic E-state index is 8.58. The van der Waals surface area contributed by atoms with E-state index in [2.05, 4.69) is 27.7 Å². The van der Waals surface area contributed by atoms with Crippen molar-refractivity contribution in [1.82, 2.24) is 0 Å². The van der Waals surface area contributed by atoms with E-state index in [0.717, 1.165) is 13.0 Å². The number of aliphatic hydroxyl groups excluding tert-OH is 1. The summed E-state index contributed by atoms with van der Waals surface area (Å²) in [5, 5.41) is 8.58. The summed E-state index contributed by atoms with van der Waals surface area (Å²) in [6.45, 7) is 11.3. The van der Waals surface area contributed by atoms with Crippen LogP contribution >= 0.6 is 0 Å². The molecule has 3 nitrogen and oxygen atoms in total. The highest BCUT2D eigenvalue weighted by Crippen LogP contribution is 2.16. The first-order valence-corrected chi connectivity index (χ1v) is 5.74. The average Bonchev–Trinajstić information content (AvgIpc) is 2.13. The molecule has 0 aliphatic rings. The third-order valence-electron chi connectivity index (χ3n) is 2.06. The van der Waals surface area contributed by atoms with Crippen molar-refractivity contribution in [2.75, 3.05) is 33.0 Å². The van der Waals surface area contributed by atoms with Gasteiger partial charge in [-0.15, -0.1) is 0 Å². The second kappa shape index (κ2) is 8.08. The normalized spacial score (nSPS) is 12.4. The Morgan fingerprint density at radius 1 is 1.07 bits per heavy atom. The Morgan fingerprint density at radius 3 is 2.07 bits per heavy atom. The predicted octanol–water partition coefficient (Wildman–Crippen LogP) is 2.08. The van der Waals surface area contributed by atoms with Crippen LogP contribution in [0.4, 0.5) is 0 Å². The molecule has 0 radical (unpaired) electrons. The standard InChI is InChI=1S/C12H26O3/c1-11(2)5-7-14-9-12(3,4)10-15-8-6-13/h11,13H,5-10H2,1-4H3. The smallest absolute Gasteiger partial charge is 0.0697 e. The molecule has 15 heavy (non-hydrogen) atoms. The van der Waals surface area contributed by atoms with Gasteiger partial charge in [0.2, 0.25) is 0 Å². The largest absolute Gasteiger partial charge is 0.394 e. The van der Waals surface area contributed by atoms with Crippen LogP contribution < -0.4 is 0 Å². The van der Waals surface area contributed by atoms with Gasteiger partial charge in [0, 0.05) is 12.0 Å². The van der Waals surface area contributed by atoms with Crippen LogP contribution in [0.1, 0.15) is 34.1 Å². The molecule has 0 aliphatic carbocycles. The second-order valence-corrected chi connectivity index (χ2v) is 5.18. The molecular weight excluding hydrogens is 192 g/mol. The van der Waals surface area contributed by atoms with Crippen molar-refractivity contribution in [2.24, 2.45) is 11.3 Å². The molecule has 0 amide bonds. The van der Waals surface area contributed by atoms with E-state index in [-0.39, 0.29) is 12.0 Å².